The Kier molecular flexibility index (Phi) is 8.53. The van der Waals surface area contributed by atoms with Crippen molar-refractivity contribution in [2.75, 3.05) is 0 Å². The van der Waals surface area contributed by atoms with E-state index in [1.165, 1.54) is 63.4 Å². The van der Waals surface area contributed by atoms with Crippen molar-refractivity contribution < 1.29 is 0 Å². The van der Waals surface area contributed by atoms with Crippen LogP contribution < -0.4 is 0 Å². The Bertz CT molecular complexity index is 490. The number of hydrogen-bond acceptors (Lipinski definition) is 1. The van der Waals surface area contributed by atoms with Gasteiger partial charge in [-0.1, -0.05) is 82.2 Å². The van der Waals surface area contributed by atoms with E-state index in [1.807, 2.05) is 12.5 Å². The van der Waals surface area contributed by atoms with Gasteiger partial charge in [0.1, 0.15) is 0 Å². The van der Waals surface area contributed by atoms with Gasteiger partial charge >= 0.3 is 0 Å². The highest BCUT2D eigenvalue weighted by Gasteiger charge is 2.10. The topological polar surface area (TPSA) is 17.8 Å². The first-order valence-corrected chi connectivity index (χ1v) is 9.41. The molecule has 0 radical (unpaired) electrons. The summed E-state index contributed by atoms with van der Waals surface area (Å²) in [5.74, 6) is 0. The molecule has 0 aliphatic rings. The Balaban J connectivity index is 1.72. The van der Waals surface area contributed by atoms with Crippen molar-refractivity contribution in [1.82, 2.24) is 9.55 Å². The minimum absolute atomic E-state index is 0.591. The number of unbranched alkanes of at least 4 members (excludes halogenated alkanes) is 6. The molecule has 0 N–H and O–H groups in total. The van der Waals surface area contributed by atoms with E-state index < -0.39 is 0 Å². The molecule has 0 spiro atoms. The lowest BCUT2D eigenvalue weighted by Crippen LogP contribution is -2.08. The molecule has 2 heteroatoms. The van der Waals surface area contributed by atoms with E-state index in [4.69, 9.17) is 0 Å². The molecule has 1 aromatic carbocycles. The molecular weight excluding hydrogens is 280 g/mol. The molecule has 1 unspecified atom stereocenters. The summed E-state index contributed by atoms with van der Waals surface area (Å²) in [6.45, 7) is 2.28. The lowest BCUT2D eigenvalue weighted by atomic mass is 9.99. The Labute approximate surface area is 142 Å². The third-order valence-electron chi connectivity index (χ3n) is 4.70. The van der Waals surface area contributed by atoms with Gasteiger partial charge in [-0.2, -0.15) is 0 Å². The molecule has 0 amide bonds. The number of aromatic nitrogens is 2. The first-order valence-electron chi connectivity index (χ1n) is 9.41. The van der Waals surface area contributed by atoms with Crippen LogP contribution in [0.1, 0.15) is 76.3 Å². The highest BCUT2D eigenvalue weighted by atomic mass is 15.0. The molecule has 1 heterocycles. The first kappa shape index (κ1) is 17.8. The second-order valence-corrected chi connectivity index (χ2v) is 6.60. The van der Waals surface area contributed by atoms with Crippen molar-refractivity contribution in [3.63, 3.8) is 0 Å². The zero-order chi connectivity index (χ0) is 16.2. The number of nitrogens with zero attached hydrogens (tertiary/aromatic N) is 2. The van der Waals surface area contributed by atoms with E-state index >= 15 is 0 Å². The van der Waals surface area contributed by atoms with Gasteiger partial charge in [0.05, 0.1) is 6.33 Å². The third kappa shape index (κ3) is 7.02. The molecule has 126 valence electrons. The second-order valence-electron chi connectivity index (χ2n) is 6.60. The van der Waals surface area contributed by atoms with Crippen LogP contribution in [0, 0.1) is 0 Å². The summed E-state index contributed by atoms with van der Waals surface area (Å²) >= 11 is 0. The van der Waals surface area contributed by atoms with Crippen LogP contribution in [0.5, 0.6) is 0 Å². The average molecular weight is 313 g/mol. The zero-order valence-electron chi connectivity index (χ0n) is 14.7. The summed E-state index contributed by atoms with van der Waals surface area (Å²) in [6.07, 6.45) is 19.3. The Morgan fingerprint density at radius 2 is 1.65 bits per heavy atom. The standard InChI is InChI=1S/C21H32N2/c1-2-3-4-5-6-7-11-14-21(23-18-17-22-19-23)16-15-20-12-9-8-10-13-20/h8-10,12-13,17-19,21H,2-7,11,14-16H2,1H3. The van der Waals surface area contributed by atoms with Crippen molar-refractivity contribution in [1.29, 1.82) is 0 Å². The van der Waals surface area contributed by atoms with Crippen LogP contribution in [0.2, 0.25) is 0 Å². The van der Waals surface area contributed by atoms with Gasteiger partial charge < -0.3 is 4.57 Å². The normalized spacial score (nSPS) is 12.4. The molecule has 23 heavy (non-hydrogen) atoms. The molecule has 2 aromatic rings. The average Bonchev–Trinajstić information content (AvgIpc) is 3.12. The predicted octanol–water partition coefficient (Wildman–Crippen LogP) is 6.20. The fraction of sp³-hybridized carbons (Fsp3) is 0.571. The van der Waals surface area contributed by atoms with E-state index in [0.29, 0.717) is 6.04 Å². The largest absolute Gasteiger partial charge is 0.334 e. The van der Waals surface area contributed by atoms with Gasteiger partial charge in [0.15, 0.2) is 0 Å². The summed E-state index contributed by atoms with van der Waals surface area (Å²) in [4.78, 5) is 4.24. The van der Waals surface area contributed by atoms with Gasteiger partial charge in [-0.3, -0.25) is 0 Å². The minimum Gasteiger partial charge on any atom is -0.334 e. The smallest absolute Gasteiger partial charge is 0.0948 e. The van der Waals surface area contributed by atoms with Gasteiger partial charge in [0, 0.05) is 18.4 Å². The lowest BCUT2D eigenvalue weighted by molar-refractivity contribution is 0.411. The van der Waals surface area contributed by atoms with Crippen molar-refractivity contribution in [3.8, 4) is 0 Å². The number of imidazole rings is 1. The molecule has 0 aliphatic heterocycles. The Hall–Kier alpha value is -1.57. The van der Waals surface area contributed by atoms with Crippen LogP contribution in [0.4, 0.5) is 0 Å². The predicted molar refractivity (Wildman–Crippen MR) is 98.6 cm³/mol. The number of benzene rings is 1. The van der Waals surface area contributed by atoms with Crippen LogP contribution in [-0.4, -0.2) is 9.55 Å². The molecule has 0 saturated heterocycles. The van der Waals surface area contributed by atoms with Crippen molar-refractivity contribution in [3.05, 3.63) is 54.6 Å². The molecule has 1 aromatic heterocycles. The van der Waals surface area contributed by atoms with E-state index in [9.17, 15) is 0 Å². The van der Waals surface area contributed by atoms with Crippen molar-refractivity contribution >= 4 is 0 Å². The summed E-state index contributed by atoms with van der Waals surface area (Å²) in [6, 6.07) is 11.4. The van der Waals surface area contributed by atoms with Gasteiger partial charge in [-0.15, -0.1) is 0 Å². The Morgan fingerprint density at radius 1 is 0.913 bits per heavy atom. The molecule has 0 saturated carbocycles. The zero-order valence-corrected chi connectivity index (χ0v) is 14.7. The summed E-state index contributed by atoms with van der Waals surface area (Å²) < 4.78 is 2.31. The van der Waals surface area contributed by atoms with Crippen LogP contribution in [0.25, 0.3) is 0 Å². The molecule has 0 aliphatic carbocycles. The van der Waals surface area contributed by atoms with Gasteiger partial charge in [-0.05, 0) is 24.8 Å². The number of rotatable bonds is 12. The van der Waals surface area contributed by atoms with E-state index in [0.717, 1.165) is 6.42 Å². The van der Waals surface area contributed by atoms with Gasteiger partial charge in [0.2, 0.25) is 0 Å². The number of aryl methyl sites for hydroxylation is 1. The van der Waals surface area contributed by atoms with Crippen LogP contribution in [0.15, 0.2) is 49.1 Å². The molecule has 2 nitrogen and oxygen atoms in total. The monoisotopic (exact) mass is 312 g/mol. The SMILES string of the molecule is CCCCCCCCCC(CCc1ccccc1)n1ccnc1. The highest BCUT2D eigenvalue weighted by Crippen LogP contribution is 2.22. The highest BCUT2D eigenvalue weighted by molar-refractivity contribution is 5.14. The maximum absolute atomic E-state index is 4.24. The molecule has 0 bridgehead atoms. The minimum atomic E-state index is 0.591. The van der Waals surface area contributed by atoms with Crippen LogP contribution in [-0.2, 0) is 6.42 Å². The number of hydrogen-bond donors (Lipinski definition) is 0. The fourth-order valence-electron chi connectivity index (χ4n) is 3.24. The second kappa shape index (κ2) is 11.0. The molecule has 1 atom stereocenters. The van der Waals surface area contributed by atoms with Gasteiger partial charge in [-0.25, -0.2) is 4.98 Å². The van der Waals surface area contributed by atoms with E-state index in [1.54, 1.807) is 0 Å². The van der Waals surface area contributed by atoms with Crippen LogP contribution >= 0.6 is 0 Å². The quantitative estimate of drug-likeness (QED) is 0.427. The van der Waals surface area contributed by atoms with Crippen LogP contribution in [0.3, 0.4) is 0 Å². The van der Waals surface area contributed by atoms with Gasteiger partial charge in [0.25, 0.3) is 0 Å². The third-order valence-corrected chi connectivity index (χ3v) is 4.70. The van der Waals surface area contributed by atoms with E-state index in [2.05, 4.69) is 53.0 Å². The van der Waals surface area contributed by atoms with Crippen molar-refractivity contribution in [2.24, 2.45) is 0 Å². The maximum atomic E-state index is 4.24. The molecule has 0 fully saturated rings. The Morgan fingerprint density at radius 3 is 2.35 bits per heavy atom. The van der Waals surface area contributed by atoms with E-state index in [-0.39, 0.29) is 0 Å². The first-order chi connectivity index (χ1) is 11.4. The summed E-state index contributed by atoms with van der Waals surface area (Å²) in [5, 5.41) is 0. The summed E-state index contributed by atoms with van der Waals surface area (Å²) in [5.41, 5.74) is 1.44. The maximum Gasteiger partial charge on any atom is 0.0948 e. The lowest BCUT2D eigenvalue weighted by Gasteiger charge is -2.18. The fourth-order valence-corrected chi connectivity index (χ4v) is 3.24. The summed E-state index contributed by atoms with van der Waals surface area (Å²) in [7, 11) is 0. The van der Waals surface area contributed by atoms with Crippen molar-refractivity contribution in [2.45, 2.75) is 77.2 Å². The molecule has 2 rings (SSSR count). The molecular formula is C21H32N2.